The van der Waals surface area contributed by atoms with Crippen LogP contribution in [0.1, 0.15) is 28.1 Å². The minimum atomic E-state index is -1.25. The Bertz CT molecular complexity index is 1370. The molecule has 3 aromatic rings. The van der Waals surface area contributed by atoms with Crippen molar-refractivity contribution in [2.24, 2.45) is 0 Å². The molecule has 1 aliphatic heterocycles. The summed E-state index contributed by atoms with van der Waals surface area (Å²) in [5, 5.41) is 23.3. The first-order chi connectivity index (χ1) is 17.7. The van der Waals surface area contributed by atoms with Gasteiger partial charge in [0.2, 0.25) is 5.91 Å². The van der Waals surface area contributed by atoms with E-state index in [0.29, 0.717) is 28.7 Å². The van der Waals surface area contributed by atoms with Gasteiger partial charge in [-0.1, -0.05) is 30.1 Å². The average Bonchev–Trinajstić information content (AvgIpc) is 3.43. The van der Waals surface area contributed by atoms with Crippen LogP contribution in [0, 0.1) is 11.6 Å². The highest BCUT2D eigenvalue weighted by Crippen LogP contribution is 2.31. The fourth-order valence-corrected chi connectivity index (χ4v) is 6.07. The number of amides is 1. The number of thiophene rings is 1. The fraction of sp³-hybridized carbons (Fsp3) is 0.192. The Kier molecular flexibility index (Phi) is 8.57. The van der Waals surface area contributed by atoms with Gasteiger partial charge in [-0.25, -0.2) is 13.6 Å². The number of thioether (sulfide) groups is 1. The Morgan fingerprint density at radius 3 is 2.57 bits per heavy atom. The molecule has 6 nitrogen and oxygen atoms in total. The van der Waals surface area contributed by atoms with E-state index in [9.17, 15) is 23.5 Å². The predicted molar refractivity (Wildman–Crippen MR) is 146 cm³/mol. The normalized spacial score (nSPS) is 14.4. The van der Waals surface area contributed by atoms with Crippen LogP contribution in [0.3, 0.4) is 0 Å². The number of aromatic hydroxyl groups is 1. The Balaban J connectivity index is 1.24. The highest BCUT2D eigenvalue weighted by molar-refractivity contribution is 8.25. The Hall–Kier alpha value is -3.28. The number of benzene rings is 2. The lowest BCUT2D eigenvalue weighted by Gasteiger charge is -2.16. The molecule has 0 aliphatic carbocycles. The Morgan fingerprint density at radius 2 is 1.86 bits per heavy atom. The molecule has 1 fully saturated rings. The predicted octanol–water partition coefficient (Wildman–Crippen LogP) is 6.28. The highest BCUT2D eigenvalue weighted by Gasteiger charge is 2.22. The minimum absolute atomic E-state index is 0.175. The van der Waals surface area contributed by atoms with Crippen molar-refractivity contribution in [2.75, 3.05) is 18.4 Å². The molecule has 0 radical (unpaired) electrons. The highest BCUT2D eigenvalue weighted by atomic mass is 32.2. The zero-order valence-corrected chi connectivity index (χ0v) is 21.8. The number of rotatable bonds is 9. The molecule has 2 heterocycles. The average molecular weight is 561 g/mol. The first-order valence-corrected chi connectivity index (χ1v) is 13.3. The molecule has 1 aromatic heterocycles. The van der Waals surface area contributed by atoms with E-state index in [2.05, 4.69) is 11.4 Å². The molecule has 1 saturated heterocycles. The molecule has 1 aliphatic rings. The second-order valence-electron chi connectivity index (χ2n) is 8.29. The lowest BCUT2D eigenvalue weighted by Crippen LogP contribution is -2.27. The van der Waals surface area contributed by atoms with Crippen LogP contribution in [0.15, 0.2) is 58.8 Å². The number of aromatic carboxylic acids is 1. The van der Waals surface area contributed by atoms with E-state index in [1.54, 1.807) is 11.3 Å². The van der Waals surface area contributed by atoms with Crippen molar-refractivity contribution < 1.29 is 28.6 Å². The Morgan fingerprint density at radius 1 is 1.11 bits per heavy atom. The maximum absolute atomic E-state index is 13.5. The largest absolute Gasteiger partial charge is 0.507 e. The van der Waals surface area contributed by atoms with Crippen molar-refractivity contribution in [3.05, 3.63) is 80.9 Å². The smallest absolute Gasteiger partial charge is 0.339 e. The van der Waals surface area contributed by atoms with Crippen molar-refractivity contribution in [2.45, 2.75) is 19.3 Å². The summed E-state index contributed by atoms with van der Waals surface area (Å²) in [6.45, 7) is 1.04. The number of carboxylic acid groups (broad SMARTS) is 1. The van der Waals surface area contributed by atoms with Gasteiger partial charge in [0, 0.05) is 40.6 Å². The van der Waals surface area contributed by atoms with Gasteiger partial charge in [-0.15, -0.1) is 11.3 Å². The van der Waals surface area contributed by atoms with E-state index < -0.39 is 23.4 Å². The lowest BCUT2D eigenvalue weighted by atomic mass is 10.1. The number of aryl methyl sites for hydroxylation is 1. The zero-order valence-electron chi connectivity index (χ0n) is 19.4. The molecule has 1 amide bonds. The number of carboxylic acids is 1. The molecular weight excluding hydrogens is 538 g/mol. The molecule has 0 atom stereocenters. The van der Waals surface area contributed by atoms with Gasteiger partial charge in [0.05, 0.1) is 6.54 Å². The van der Waals surface area contributed by atoms with Crippen LogP contribution < -0.4 is 5.32 Å². The summed E-state index contributed by atoms with van der Waals surface area (Å²) in [7, 11) is 0. The number of nitrogens with zero attached hydrogens (tertiary/aromatic N) is 1. The van der Waals surface area contributed by atoms with Gasteiger partial charge in [0.1, 0.15) is 27.3 Å². The van der Waals surface area contributed by atoms with Crippen LogP contribution in [0.25, 0.3) is 11.1 Å². The summed E-state index contributed by atoms with van der Waals surface area (Å²) in [6.07, 6.45) is 3.86. The fourth-order valence-electron chi connectivity index (χ4n) is 3.75. The number of carbonyl (C=O) groups excluding carboxylic acids is 1. The van der Waals surface area contributed by atoms with E-state index in [0.717, 1.165) is 34.3 Å². The lowest BCUT2D eigenvalue weighted by molar-refractivity contribution is -0.116. The first kappa shape index (κ1) is 26.8. The van der Waals surface area contributed by atoms with Gasteiger partial charge in [-0.05, 0) is 59.7 Å². The van der Waals surface area contributed by atoms with E-state index in [-0.39, 0.29) is 17.9 Å². The molecule has 4 rings (SSSR count). The summed E-state index contributed by atoms with van der Waals surface area (Å²) in [5.41, 5.74) is 1.38. The van der Waals surface area contributed by atoms with Gasteiger partial charge in [0.15, 0.2) is 0 Å². The third kappa shape index (κ3) is 7.15. The topological polar surface area (TPSA) is 89.9 Å². The molecule has 37 heavy (non-hydrogen) atoms. The van der Waals surface area contributed by atoms with Crippen molar-refractivity contribution in [1.29, 1.82) is 0 Å². The molecule has 0 bridgehead atoms. The van der Waals surface area contributed by atoms with Crippen LogP contribution in [-0.4, -0.2) is 44.4 Å². The maximum Gasteiger partial charge on any atom is 0.339 e. The van der Waals surface area contributed by atoms with Crippen LogP contribution >= 0.6 is 35.3 Å². The number of hydrogen-bond donors (Lipinski definition) is 3. The van der Waals surface area contributed by atoms with Crippen molar-refractivity contribution >= 4 is 57.2 Å². The van der Waals surface area contributed by atoms with Crippen LogP contribution in [0.5, 0.6) is 5.75 Å². The number of thiocarbonyl (C=S) groups is 1. The summed E-state index contributed by atoms with van der Waals surface area (Å²) < 4.78 is 27.7. The van der Waals surface area contributed by atoms with Crippen LogP contribution in [0.4, 0.5) is 14.5 Å². The standard InChI is InChI=1S/C26H22F2N2O4S3/c27-17-8-15(9-18(28)11-17)16-10-20(36-14-16)2-1-3-21-13-30(26(35)37-21)7-6-24(32)29-19-4-5-22(25(33)34)23(31)12-19/h3-5,8-12,14,31H,1-2,6-7,13H2,(H,29,32)(H,33,34)/b21-3+. The number of anilines is 1. The quantitative estimate of drug-likeness (QED) is 0.266. The third-order valence-electron chi connectivity index (χ3n) is 5.56. The molecule has 0 unspecified atom stereocenters. The van der Waals surface area contributed by atoms with E-state index in [1.165, 1.54) is 42.1 Å². The summed E-state index contributed by atoms with van der Waals surface area (Å²) in [6, 6.07) is 9.30. The SMILES string of the molecule is O=C(CCN1C/C(=C\CCc2cc(-c3cc(F)cc(F)c3)cs2)SC1=S)Nc1ccc(C(=O)O)c(O)c1. The van der Waals surface area contributed by atoms with Gasteiger partial charge < -0.3 is 20.4 Å². The Labute approximate surface area is 225 Å². The van der Waals surface area contributed by atoms with Crippen molar-refractivity contribution in [3.63, 3.8) is 0 Å². The molecular formula is C26H22F2N2O4S3. The van der Waals surface area contributed by atoms with E-state index in [4.69, 9.17) is 17.3 Å². The number of nitrogens with one attached hydrogen (secondary N) is 1. The molecule has 3 N–H and O–H groups in total. The van der Waals surface area contributed by atoms with Gasteiger partial charge in [-0.3, -0.25) is 4.79 Å². The molecule has 2 aromatic carbocycles. The molecule has 192 valence electrons. The zero-order chi connectivity index (χ0) is 26.5. The molecule has 0 spiro atoms. The van der Waals surface area contributed by atoms with E-state index >= 15 is 0 Å². The van der Waals surface area contributed by atoms with E-state index in [1.807, 2.05) is 16.3 Å². The molecule has 0 saturated carbocycles. The summed E-state index contributed by atoms with van der Waals surface area (Å²) >= 11 is 8.49. The molecule has 11 heteroatoms. The third-order valence-corrected chi connectivity index (χ3v) is 8.05. The van der Waals surface area contributed by atoms with Crippen LogP contribution in [-0.2, 0) is 11.2 Å². The summed E-state index contributed by atoms with van der Waals surface area (Å²) in [4.78, 5) is 27.5. The second-order valence-corrected chi connectivity index (χ2v) is 11.0. The number of hydrogen-bond acceptors (Lipinski definition) is 6. The van der Waals surface area contributed by atoms with Gasteiger partial charge in [0.25, 0.3) is 0 Å². The number of halogens is 2. The second kappa shape index (κ2) is 11.8. The number of allylic oxidation sites excluding steroid dienone is 1. The first-order valence-electron chi connectivity index (χ1n) is 11.2. The minimum Gasteiger partial charge on any atom is -0.507 e. The summed E-state index contributed by atoms with van der Waals surface area (Å²) in [5.74, 6) is -3.15. The maximum atomic E-state index is 13.5. The number of phenols is 1. The van der Waals surface area contributed by atoms with Crippen molar-refractivity contribution in [1.82, 2.24) is 4.90 Å². The monoisotopic (exact) mass is 560 g/mol. The van der Waals surface area contributed by atoms with Gasteiger partial charge >= 0.3 is 5.97 Å². The van der Waals surface area contributed by atoms with Crippen molar-refractivity contribution in [3.8, 4) is 16.9 Å². The van der Waals surface area contributed by atoms with Crippen LogP contribution in [0.2, 0.25) is 0 Å². The van der Waals surface area contributed by atoms with Gasteiger partial charge in [-0.2, -0.15) is 0 Å². The number of carbonyl (C=O) groups is 2.